The van der Waals surface area contributed by atoms with Crippen molar-refractivity contribution in [2.45, 2.75) is 27.2 Å². The zero-order valence-corrected chi connectivity index (χ0v) is 15.2. The van der Waals surface area contributed by atoms with Crippen molar-refractivity contribution in [3.8, 4) is 0 Å². The predicted octanol–water partition coefficient (Wildman–Crippen LogP) is 2.76. The molecule has 0 spiro atoms. The lowest BCUT2D eigenvalue weighted by atomic mass is 10.2. The fourth-order valence-corrected chi connectivity index (χ4v) is 3.06. The zero-order valence-electron chi connectivity index (χ0n) is 15.2. The zero-order chi connectivity index (χ0) is 18.4. The normalized spacial score (nSPS) is 14.9. The van der Waals surface area contributed by atoms with E-state index in [-0.39, 0.29) is 11.9 Å². The average molecular weight is 350 g/mol. The Hall–Kier alpha value is -2.31. The summed E-state index contributed by atoms with van der Waals surface area (Å²) in [4.78, 5) is 29.5. The van der Waals surface area contributed by atoms with E-state index in [0.29, 0.717) is 38.4 Å². The van der Waals surface area contributed by atoms with Crippen LogP contribution in [0.1, 0.15) is 27.2 Å². The number of carbonyl (C=O) groups is 2. The number of rotatable bonds is 4. The van der Waals surface area contributed by atoms with Gasteiger partial charge in [0.1, 0.15) is 5.82 Å². The SMILES string of the molecule is CCN(CC)C(=O)Nc1cc(F)ccc1N1CCCN(C(C)=O)CC1. The third-order valence-corrected chi connectivity index (χ3v) is 4.53. The first-order valence-electron chi connectivity index (χ1n) is 8.82. The highest BCUT2D eigenvalue weighted by Gasteiger charge is 2.20. The number of hydrogen-bond acceptors (Lipinski definition) is 3. The third-order valence-electron chi connectivity index (χ3n) is 4.53. The van der Waals surface area contributed by atoms with Gasteiger partial charge in [0.2, 0.25) is 5.91 Å². The maximum Gasteiger partial charge on any atom is 0.321 e. The van der Waals surface area contributed by atoms with E-state index in [1.165, 1.54) is 12.1 Å². The fourth-order valence-electron chi connectivity index (χ4n) is 3.06. The van der Waals surface area contributed by atoms with Crippen LogP contribution in [0.5, 0.6) is 0 Å². The van der Waals surface area contributed by atoms with E-state index >= 15 is 0 Å². The fraction of sp³-hybridized carbons (Fsp3) is 0.556. The number of benzene rings is 1. The standard InChI is InChI=1S/C18H27FN4O2/c1-4-21(5-2)18(25)20-16-13-15(19)7-8-17(16)23-10-6-9-22(11-12-23)14(3)24/h7-8,13H,4-6,9-12H2,1-3H3,(H,20,25). The molecule has 1 heterocycles. The van der Waals surface area contributed by atoms with Crippen LogP contribution < -0.4 is 10.2 Å². The van der Waals surface area contributed by atoms with Gasteiger partial charge in [0.05, 0.1) is 11.4 Å². The van der Waals surface area contributed by atoms with Gasteiger partial charge >= 0.3 is 6.03 Å². The molecule has 0 radical (unpaired) electrons. The maximum atomic E-state index is 13.7. The Balaban J connectivity index is 2.20. The van der Waals surface area contributed by atoms with Gasteiger partial charge in [-0.25, -0.2) is 9.18 Å². The molecule has 1 aliphatic heterocycles. The Bertz CT molecular complexity index is 619. The highest BCUT2D eigenvalue weighted by atomic mass is 19.1. The molecule has 1 fully saturated rings. The lowest BCUT2D eigenvalue weighted by molar-refractivity contribution is -0.128. The molecule has 0 aromatic heterocycles. The van der Waals surface area contributed by atoms with Crippen LogP contribution in [0, 0.1) is 5.82 Å². The Kier molecular flexibility index (Phi) is 6.61. The molecule has 25 heavy (non-hydrogen) atoms. The molecule has 1 aromatic rings. The van der Waals surface area contributed by atoms with Gasteiger partial charge in [-0.2, -0.15) is 0 Å². The number of halogens is 1. The van der Waals surface area contributed by atoms with Crippen LogP contribution in [0.3, 0.4) is 0 Å². The van der Waals surface area contributed by atoms with E-state index in [9.17, 15) is 14.0 Å². The minimum absolute atomic E-state index is 0.0658. The lowest BCUT2D eigenvalue weighted by Gasteiger charge is -2.27. The molecular formula is C18H27FN4O2. The Morgan fingerprint density at radius 2 is 1.88 bits per heavy atom. The quantitative estimate of drug-likeness (QED) is 0.908. The van der Waals surface area contributed by atoms with Crippen LogP contribution in [-0.4, -0.2) is 61.0 Å². The average Bonchev–Trinajstić information content (AvgIpc) is 2.82. The van der Waals surface area contributed by atoms with Crippen LogP contribution in [0.15, 0.2) is 18.2 Å². The summed E-state index contributed by atoms with van der Waals surface area (Å²) >= 11 is 0. The molecule has 0 saturated carbocycles. The number of nitrogens with one attached hydrogen (secondary N) is 1. The molecule has 2 rings (SSSR count). The maximum absolute atomic E-state index is 13.7. The van der Waals surface area contributed by atoms with Crippen LogP contribution in [0.25, 0.3) is 0 Å². The van der Waals surface area contributed by atoms with Crippen molar-refractivity contribution in [1.29, 1.82) is 0 Å². The van der Waals surface area contributed by atoms with Crippen molar-refractivity contribution in [2.75, 3.05) is 49.5 Å². The van der Waals surface area contributed by atoms with Crippen LogP contribution in [0.2, 0.25) is 0 Å². The summed E-state index contributed by atoms with van der Waals surface area (Å²) in [7, 11) is 0. The highest BCUT2D eigenvalue weighted by molar-refractivity contribution is 5.93. The molecule has 1 aromatic carbocycles. The van der Waals surface area contributed by atoms with Gasteiger partial charge in [0, 0.05) is 46.2 Å². The van der Waals surface area contributed by atoms with Gasteiger partial charge in [-0.1, -0.05) is 0 Å². The molecule has 3 amide bonds. The molecule has 138 valence electrons. The van der Waals surface area contributed by atoms with Gasteiger partial charge in [-0.3, -0.25) is 4.79 Å². The molecule has 7 heteroatoms. The summed E-state index contributed by atoms with van der Waals surface area (Å²) in [5, 5.41) is 2.83. The number of amides is 3. The van der Waals surface area contributed by atoms with Gasteiger partial charge < -0.3 is 20.0 Å². The summed E-state index contributed by atoms with van der Waals surface area (Å²) < 4.78 is 13.7. The topological polar surface area (TPSA) is 55.9 Å². The molecule has 1 aliphatic rings. The molecule has 1 N–H and O–H groups in total. The van der Waals surface area contributed by atoms with Gasteiger partial charge in [-0.15, -0.1) is 0 Å². The number of carbonyl (C=O) groups excluding carboxylic acids is 2. The number of hydrogen-bond donors (Lipinski definition) is 1. The minimum Gasteiger partial charge on any atom is -0.368 e. The summed E-state index contributed by atoms with van der Waals surface area (Å²) in [5.41, 5.74) is 1.25. The van der Waals surface area contributed by atoms with Crippen LogP contribution in [0.4, 0.5) is 20.6 Å². The van der Waals surface area contributed by atoms with E-state index < -0.39 is 5.82 Å². The van der Waals surface area contributed by atoms with Crippen molar-refractivity contribution in [1.82, 2.24) is 9.80 Å². The molecule has 0 atom stereocenters. The van der Waals surface area contributed by atoms with Crippen molar-refractivity contribution < 1.29 is 14.0 Å². The Morgan fingerprint density at radius 3 is 2.52 bits per heavy atom. The van der Waals surface area contributed by atoms with Gasteiger partial charge in [0.15, 0.2) is 0 Å². The molecule has 0 unspecified atom stereocenters. The second-order valence-electron chi connectivity index (χ2n) is 6.11. The monoisotopic (exact) mass is 350 g/mol. The Labute approximate surface area is 148 Å². The van der Waals surface area contributed by atoms with Gasteiger partial charge in [0.25, 0.3) is 0 Å². The van der Waals surface area contributed by atoms with Crippen molar-refractivity contribution in [3.05, 3.63) is 24.0 Å². The third kappa shape index (κ3) is 4.84. The van der Waals surface area contributed by atoms with Crippen LogP contribution >= 0.6 is 0 Å². The van der Waals surface area contributed by atoms with Crippen molar-refractivity contribution >= 4 is 23.3 Å². The lowest BCUT2D eigenvalue weighted by Crippen LogP contribution is -2.36. The largest absolute Gasteiger partial charge is 0.368 e. The first-order valence-corrected chi connectivity index (χ1v) is 8.82. The predicted molar refractivity (Wildman–Crippen MR) is 97.4 cm³/mol. The van der Waals surface area contributed by atoms with E-state index in [0.717, 1.165) is 18.7 Å². The second kappa shape index (κ2) is 8.69. The molecule has 0 aliphatic carbocycles. The number of anilines is 2. The van der Waals surface area contributed by atoms with Crippen molar-refractivity contribution in [3.63, 3.8) is 0 Å². The summed E-state index contributed by atoms with van der Waals surface area (Å²) in [6.07, 6.45) is 0.834. The van der Waals surface area contributed by atoms with Crippen molar-refractivity contribution in [2.24, 2.45) is 0 Å². The summed E-state index contributed by atoms with van der Waals surface area (Å²) in [6, 6.07) is 4.20. The van der Waals surface area contributed by atoms with E-state index in [2.05, 4.69) is 10.2 Å². The van der Waals surface area contributed by atoms with E-state index in [1.807, 2.05) is 18.7 Å². The van der Waals surface area contributed by atoms with E-state index in [4.69, 9.17) is 0 Å². The highest BCUT2D eigenvalue weighted by Crippen LogP contribution is 2.28. The summed E-state index contributed by atoms with van der Waals surface area (Å²) in [5.74, 6) is -0.324. The molecule has 0 bridgehead atoms. The number of urea groups is 1. The summed E-state index contributed by atoms with van der Waals surface area (Å²) in [6.45, 7) is 9.30. The first kappa shape index (κ1) is 19.0. The molecule has 1 saturated heterocycles. The minimum atomic E-state index is -0.390. The van der Waals surface area contributed by atoms with Crippen LogP contribution in [-0.2, 0) is 4.79 Å². The Morgan fingerprint density at radius 1 is 1.16 bits per heavy atom. The molecule has 6 nitrogen and oxygen atoms in total. The van der Waals surface area contributed by atoms with Gasteiger partial charge in [-0.05, 0) is 38.5 Å². The molecular weight excluding hydrogens is 323 g/mol. The number of nitrogens with zero attached hydrogens (tertiary/aromatic N) is 3. The first-order chi connectivity index (χ1) is 12.0. The van der Waals surface area contributed by atoms with E-state index in [1.54, 1.807) is 17.9 Å². The smallest absolute Gasteiger partial charge is 0.321 e. The second-order valence-corrected chi connectivity index (χ2v) is 6.11.